The molecule has 0 spiro atoms. The molecule has 0 radical (unpaired) electrons. The monoisotopic (exact) mass is 414 g/mol. The number of nitrogens with one attached hydrogen (secondary N) is 1. The van der Waals surface area contributed by atoms with Gasteiger partial charge >= 0.3 is 0 Å². The second-order valence-corrected chi connectivity index (χ2v) is 8.88. The molecule has 9 heteroatoms. The van der Waals surface area contributed by atoms with Crippen LogP contribution in [0.1, 0.15) is 24.3 Å². The molecule has 28 heavy (non-hydrogen) atoms. The number of aromatic amines is 1. The van der Waals surface area contributed by atoms with Crippen LogP contribution in [-0.2, 0) is 17.8 Å². The van der Waals surface area contributed by atoms with Gasteiger partial charge in [-0.1, -0.05) is 0 Å². The van der Waals surface area contributed by atoms with E-state index in [1.165, 1.54) is 0 Å². The highest BCUT2D eigenvalue weighted by atomic mass is 32.1. The molecule has 4 aromatic rings. The summed E-state index contributed by atoms with van der Waals surface area (Å²) < 4.78 is 15.1. The lowest BCUT2D eigenvalue weighted by molar-refractivity contribution is -0.0379. The Bertz CT molecular complexity index is 1340. The van der Waals surface area contributed by atoms with Gasteiger partial charge in [-0.15, -0.1) is 16.4 Å². The van der Waals surface area contributed by atoms with Crippen molar-refractivity contribution in [3.05, 3.63) is 49.8 Å². The summed E-state index contributed by atoms with van der Waals surface area (Å²) in [4.78, 5) is 15.5. The van der Waals surface area contributed by atoms with Crippen molar-refractivity contribution in [2.24, 2.45) is 0 Å². The zero-order chi connectivity index (χ0) is 19.6. The van der Waals surface area contributed by atoms with Crippen LogP contribution in [-0.4, -0.2) is 31.9 Å². The smallest absolute Gasteiger partial charge is 0.268 e. The molecule has 0 amide bonds. The molecule has 0 unspecified atom stereocenters. The Kier molecular flexibility index (Phi) is 3.77. The lowest BCUT2D eigenvalue weighted by Gasteiger charge is -2.29. The summed E-state index contributed by atoms with van der Waals surface area (Å²) in [5.74, 6) is 1.19. The number of fused-ring (bicyclic) bond motifs is 5. The zero-order valence-corrected chi connectivity index (χ0v) is 17.2. The van der Waals surface area contributed by atoms with E-state index in [4.69, 9.17) is 21.7 Å². The molecule has 1 N–H and O–H groups in total. The molecule has 0 saturated carbocycles. The van der Waals surface area contributed by atoms with Gasteiger partial charge in [0.05, 0.1) is 30.4 Å². The summed E-state index contributed by atoms with van der Waals surface area (Å²) in [5, 5.41) is 7.86. The first-order valence-corrected chi connectivity index (χ1v) is 10.1. The van der Waals surface area contributed by atoms with Gasteiger partial charge in [-0.3, -0.25) is 4.79 Å². The molecule has 4 heterocycles. The van der Waals surface area contributed by atoms with Crippen molar-refractivity contribution >= 4 is 39.5 Å². The average molecular weight is 415 g/mol. The van der Waals surface area contributed by atoms with Crippen molar-refractivity contribution in [1.29, 1.82) is 0 Å². The van der Waals surface area contributed by atoms with E-state index in [1.807, 2.05) is 42.5 Å². The van der Waals surface area contributed by atoms with E-state index in [9.17, 15) is 4.79 Å². The third kappa shape index (κ3) is 2.47. The molecule has 5 rings (SSSR count). The summed E-state index contributed by atoms with van der Waals surface area (Å²) in [6, 6.07) is 7.33. The number of ether oxygens (including phenoxy) is 2. The Labute approximate surface area is 169 Å². The summed E-state index contributed by atoms with van der Waals surface area (Å²) in [5.41, 5.74) is 1.34. The van der Waals surface area contributed by atoms with Gasteiger partial charge in [0.25, 0.3) is 5.56 Å². The molecule has 144 valence electrons. The van der Waals surface area contributed by atoms with Gasteiger partial charge in [-0.2, -0.15) is 0 Å². The molecule has 0 fully saturated rings. The highest BCUT2D eigenvalue weighted by Crippen LogP contribution is 2.38. The maximum absolute atomic E-state index is 13.6. The van der Waals surface area contributed by atoms with E-state index in [-0.39, 0.29) is 11.2 Å². The van der Waals surface area contributed by atoms with E-state index in [2.05, 4.69) is 10.2 Å². The number of aromatic nitrogens is 4. The van der Waals surface area contributed by atoms with E-state index < -0.39 is 0 Å². The molecule has 7 nitrogen and oxygen atoms in total. The summed E-state index contributed by atoms with van der Waals surface area (Å²) in [6.07, 6.45) is 0.677. The fourth-order valence-electron chi connectivity index (χ4n) is 3.71. The van der Waals surface area contributed by atoms with Crippen LogP contribution in [0.15, 0.2) is 29.1 Å². The van der Waals surface area contributed by atoms with Crippen LogP contribution < -0.4 is 10.3 Å². The normalized spacial score (nSPS) is 15.8. The van der Waals surface area contributed by atoms with Crippen LogP contribution in [0.4, 0.5) is 0 Å². The van der Waals surface area contributed by atoms with Crippen molar-refractivity contribution in [2.75, 3.05) is 7.11 Å². The van der Waals surface area contributed by atoms with Crippen LogP contribution in [0.5, 0.6) is 5.75 Å². The van der Waals surface area contributed by atoms with Crippen LogP contribution in [0.3, 0.4) is 0 Å². The third-order valence-electron chi connectivity index (χ3n) is 5.07. The SMILES string of the molecule is COc1ccc(-n2c(=O)c3c4c(sc3n3c(=S)[nH]nc23)COC(C)(C)C4)cc1. The molecule has 0 bridgehead atoms. The predicted octanol–water partition coefficient (Wildman–Crippen LogP) is 3.62. The molecular weight excluding hydrogens is 396 g/mol. The van der Waals surface area contributed by atoms with Crippen molar-refractivity contribution < 1.29 is 9.47 Å². The number of H-pyrrole nitrogens is 1. The average Bonchev–Trinajstić information content (AvgIpc) is 3.22. The maximum Gasteiger partial charge on any atom is 0.268 e. The molecular formula is C19H18N4O3S2. The predicted molar refractivity (Wildman–Crippen MR) is 110 cm³/mol. The Hall–Kier alpha value is -2.49. The number of benzene rings is 1. The van der Waals surface area contributed by atoms with E-state index >= 15 is 0 Å². The van der Waals surface area contributed by atoms with Gasteiger partial charge in [0, 0.05) is 11.3 Å². The molecule has 0 aliphatic carbocycles. The Morgan fingerprint density at radius 1 is 1.32 bits per heavy atom. The third-order valence-corrected chi connectivity index (χ3v) is 6.54. The number of nitrogens with zero attached hydrogens (tertiary/aromatic N) is 3. The first-order valence-electron chi connectivity index (χ1n) is 8.84. The first-order chi connectivity index (χ1) is 13.4. The van der Waals surface area contributed by atoms with Crippen molar-refractivity contribution in [2.45, 2.75) is 32.5 Å². The van der Waals surface area contributed by atoms with Crippen molar-refractivity contribution in [3.63, 3.8) is 0 Å². The highest BCUT2D eigenvalue weighted by molar-refractivity contribution is 7.71. The van der Waals surface area contributed by atoms with Crippen LogP contribution >= 0.6 is 23.6 Å². The largest absolute Gasteiger partial charge is 0.497 e. The molecule has 0 saturated heterocycles. The molecule has 1 aliphatic rings. The van der Waals surface area contributed by atoms with Crippen LogP contribution in [0.2, 0.25) is 0 Å². The number of rotatable bonds is 2. The van der Waals surface area contributed by atoms with Gasteiger partial charge in [-0.05, 0) is 55.9 Å². The van der Waals surface area contributed by atoms with Crippen LogP contribution in [0, 0.1) is 4.77 Å². The van der Waals surface area contributed by atoms with Crippen molar-refractivity contribution in [1.82, 2.24) is 19.2 Å². The fraction of sp³-hybridized carbons (Fsp3) is 0.316. The second kappa shape index (κ2) is 6.00. The number of hydrogen-bond donors (Lipinski definition) is 1. The van der Waals surface area contributed by atoms with Gasteiger partial charge in [0.15, 0.2) is 0 Å². The lowest BCUT2D eigenvalue weighted by atomic mass is 9.94. The molecule has 1 aromatic carbocycles. The van der Waals surface area contributed by atoms with Gasteiger partial charge in [-0.25, -0.2) is 14.1 Å². The van der Waals surface area contributed by atoms with Crippen LogP contribution in [0.25, 0.3) is 21.7 Å². The second-order valence-electron chi connectivity index (χ2n) is 7.41. The summed E-state index contributed by atoms with van der Waals surface area (Å²) >= 11 is 7.03. The minimum atomic E-state index is -0.314. The molecule has 3 aromatic heterocycles. The first kappa shape index (κ1) is 17.6. The lowest BCUT2D eigenvalue weighted by Crippen LogP contribution is -2.32. The zero-order valence-electron chi connectivity index (χ0n) is 15.6. The molecule has 1 aliphatic heterocycles. The fourth-order valence-corrected chi connectivity index (χ4v) is 5.21. The number of methoxy groups -OCH3 is 1. The topological polar surface area (TPSA) is 73.5 Å². The number of thiophene rings is 1. The number of hydrogen-bond acceptors (Lipinski definition) is 6. The van der Waals surface area contributed by atoms with E-state index in [0.29, 0.717) is 34.7 Å². The minimum Gasteiger partial charge on any atom is -0.497 e. The Balaban J connectivity index is 1.91. The summed E-state index contributed by atoms with van der Waals surface area (Å²) in [7, 11) is 1.61. The van der Waals surface area contributed by atoms with E-state index in [1.54, 1.807) is 23.0 Å². The van der Waals surface area contributed by atoms with Crippen molar-refractivity contribution in [3.8, 4) is 11.4 Å². The van der Waals surface area contributed by atoms with E-state index in [0.717, 1.165) is 21.0 Å². The Morgan fingerprint density at radius 3 is 2.79 bits per heavy atom. The van der Waals surface area contributed by atoms with Gasteiger partial charge in [0.1, 0.15) is 10.6 Å². The highest BCUT2D eigenvalue weighted by Gasteiger charge is 2.32. The summed E-state index contributed by atoms with van der Waals surface area (Å²) in [6.45, 7) is 4.59. The Morgan fingerprint density at radius 2 is 2.07 bits per heavy atom. The standard InChI is InChI=1S/C19H18N4O3S2/c1-19(2)8-12-13(9-26-19)28-16-14(12)15(24)22(17-20-21-18(27)23(16)17)10-4-6-11(25-3)7-5-10/h4-7H,8-9H2,1-3H3,(H,21,27). The maximum atomic E-state index is 13.6. The van der Waals surface area contributed by atoms with Gasteiger partial charge < -0.3 is 9.47 Å². The quantitative estimate of drug-likeness (QED) is 0.507. The van der Waals surface area contributed by atoms with Gasteiger partial charge in [0.2, 0.25) is 10.5 Å². The molecule has 0 atom stereocenters. The minimum absolute atomic E-state index is 0.100.